The van der Waals surface area contributed by atoms with Crippen molar-refractivity contribution in [2.45, 2.75) is 63.3 Å². The van der Waals surface area contributed by atoms with Crippen LogP contribution in [0.2, 0.25) is 0 Å². The molecule has 10 nitrogen and oxygen atoms in total. The third kappa shape index (κ3) is 4.77. The summed E-state index contributed by atoms with van der Waals surface area (Å²) in [5, 5.41) is 12.5. The highest BCUT2D eigenvalue weighted by Crippen LogP contribution is 2.30. The summed E-state index contributed by atoms with van der Waals surface area (Å²) >= 11 is 1.18. The molecule has 1 fully saturated rings. The lowest BCUT2D eigenvalue weighted by Crippen LogP contribution is -2.44. The number of tetrazole rings is 1. The number of ketones is 1. The summed E-state index contributed by atoms with van der Waals surface area (Å²) < 4.78 is 4.11. The molecule has 2 aromatic heterocycles. The molecule has 33 heavy (non-hydrogen) atoms. The molecule has 1 aliphatic rings. The van der Waals surface area contributed by atoms with Gasteiger partial charge < -0.3 is 5.73 Å². The molecule has 2 N–H and O–H groups in total. The Kier molecular flexibility index (Phi) is 7.07. The van der Waals surface area contributed by atoms with Crippen LogP contribution < -0.4 is 17.0 Å². The van der Waals surface area contributed by atoms with Gasteiger partial charge in [0.1, 0.15) is 11.4 Å². The van der Waals surface area contributed by atoms with Crippen LogP contribution in [-0.2, 0) is 13.1 Å². The zero-order valence-electron chi connectivity index (χ0n) is 18.5. The minimum Gasteiger partial charge on any atom is -0.384 e. The lowest BCUT2D eigenvalue weighted by molar-refractivity contribution is 0.102. The lowest BCUT2D eigenvalue weighted by Gasteiger charge is -2.22. The zero-order chi connectivity index (χ0) is 23.4. The Hall–Kier alpha value is -3.21. The average Bonchev–Trinajstić information content (AvgIpc) is 3.31. The highest BCUT2D eigenvalue weighted by atomic mass is 32.2. The van der Waals surface area contributed by atoms with Crippen molar-refractivity contribution in [3.05, 3.63) is 62.3 Å². The molecule has 0 radical (unpaired) electrons. The summed E-state index contributed by atoms with van der Waals surface area (Å²) in [5.41, 5.74) is 5.70. The molecule has 0 amide bonds. The number of carbonyl (C=O) groups excluding carboxylic acids is 1. The standard InChI is InChI=1S/C22H27N7O3S/c1-2-27-20(31)18(19(23)28(22(27)32)13-15-9-5-3-6-10-15)17(30)14-33-21-24-25-26-29(21)16-11-7-4-8-12-16/h3,5-6,9-10,16H,2,4,7-8,11-14,23H2,1H3. The largest absolute Gasteiger partial charge is 0.384 e. The molecule has 0 bridgehead atoms. The number of rotatable bonds is 8. The fourth-order valence-corrected chi connectivity index (χ4v) is 5.03. The van der Waals surface area contributed by atoms with Crippen molar-refractivity contribution in [3.8, 4) is 0 Å². The van der Waals surface area contributed by atoms with Gasteiger partial charge in [0.05, 0.1) is 18.3 Å². The number of nitrogens with zero attached hydrogens (tertiary/aromatic N) is 6. The van der Waals surface area contributed by atoms with Gasteiger partial charge in [0, 0.05) is 6.54 Å². The third-order valence-corrected chi connectivity index (χ3v) is 6.90. The number of hydrogen-bond acceptors (Lipinski definition) is 8. The van der Waals surface area contributed by atoms with E-state index in [-0.39, 0.29) is 36.3 Å². The molecule has 174 valence electrons. The van der Waals surface area contributed by atoms with E-state index in [4.69, 9.17) is 5.73 Å². The predicted octanol–water partition coefficient (Wildman–Crippen LogP) is 2.13. The molecular weight excluding hydrogens is 442 g/mol. The van der Waals surface area contributed by atoms with Gasteiger partial charge in [-0.15, -0.1) is 5.10 Å². The van der Waals surface area contributed by atoms with Gasteiger partial charge in [-0.05, 0) is 35.8 Å². The predicted molar refractivity (Wildman–Crippen MR) is 126 cm³/mol. The Morgan fingerprint density at radius 2 is 1.85 bits per heavy atom. The summed E-state index contributed by atoms with van der Waals surface area (Å²) in [6.07, 6.45) is 5.48. The molecule has 0 saturated heterocycles. The number of nitrogen functional groups attached to an aromatic ring is 1. The normalized spacial score (nSPS) is 14.5. The van der Waals surface area contributed by atoms with Gasteiger partial charge in [0.2, 0.25) is 5.16 Å². The van der Waals surface area contributed by atoms with Crippen LogP contribution in [-0.4, -0.2) is 40.9 Å². The molecule has 0 atom stereocenters. The first-order chi connectivity index (χ1) is 16.0. The quantitative estimate of drug-likeness (QED) is 0.392. The Morgan fingerprint density at radius 1 is 1.12 bits per heavy atom. The first-order valence-electron chi connectivity index (χ1n) is 11.1. The van der Waals surface area contributed by atoms with Gasteiger partial charge in [-0.25, -0.2) is 9.48 Å². The third-order valence-electron chi connectivity index (χ3n) is 5.96. The van der Waals surface area contributed by atoms with Crippen LogP contribution in [0.3, 0.4) is 0 Å². The lowest BCUT2D eigenvalue weighted by atomic mass is 9.96. The maximum atomic E-state index is 13.1. The van der Waals surface area contributed by atoms with Crippen molar-refractivity contribution in [2.75, 3.05) is 11.5 Å². The van der Waals surface area contributed by atoms with Gasteiger partial charge in [-0.1, -0.05) is 61.4 Å². The Labute approximate surface area is 194 Å². The van der Waals surface area contributed by atoms with E-state index in [9.17, 15) is 14.4 Å². The maximum Gasteiger partial charge on any atom is 0.332 e. The van der Waals surface area contributed by atoms with Crippen molar-refractivity contribution in [1.29, 1.82) is 0 Å². The molecule has 11 heteroatoms. The molecular formula is C22H27N7O3S. The molecule has 1 aliphatic carbocycles. The first kappa shape index (κ1) is 23.0. The fourth-order valence-electron chi connectivity index (χ4n) is 4.21. The fraction of sp³-hybridized carbons (Fsp3) is 0.455. The second-order valence-electron chi connectivity index (χ2n) is 8.07. The summed E-state index contributed by atoms with van der Waals surface area (Å²) in [5.74, 6) is -0.625. The summed E-state index contributed by atoms with van der Waals surface area (Å²) in [6, 6.07) is 9.51. The van der Waals surface area contributed by atoms with Gasteiger partial charge in [-0.2, -0.15) is 0 Å². The molecule has 3 aromatic rings. The summed E-state index contributed by atoms with van der Waals surface area (Å²) in [6.45, 7) is 1.99. The summed E-state index contributed by atoms with van der Waals surface area (Å²) in [4.78, 5) is 39.0. The number of carbonyl (C=O) groups is 1. The zero-order valence-corrected chi connectivity index (χ0v) is 19.3. The van der Waals surface area contributed by atoms with E-state index in [2.05, 4.69) is 15.5 Å². The van der Waals surface area contributed by atoms with Crippen LogP contribution >= 0.6 is 11.8 Å². The van der Waals surface area contributed by atoms with E-state index < -0.39 is 17.0 Å². The minimum atomic E-state index is -0.665. The van der Waals surface area contributed by atoms with Crippen LogP contribution in [0.1, 0.15) is 61.0 Å². The van der Waals surface area contributed by atoms with Gasteiger partial charge in [-0.3, -0.25) is 18.7 Å². The highest BCUT2D eigenvalue weighted by molar-refractivity contribution is 7.99. The molecule has 1 aromatic carbocycles. The van der Waals surface area contributed by atoms with Crippen molar-refractivity contribution in [2.24, 2.45) is 0 Å². The van der Waals surface area contributed by atoms with E-state index in [1.807, 2.05) is 30.3 Å². The van der Waals surface area contributed by atoms with Crippen LogP contribution in [0.15, 0.2) is 45.1 Å². The molecule has 4 rings (SSSR count). The van der Waals surface area contributed by atoms with Crippen molar-refractivity contribution >= 4 is 23.4 Å². The number of aromatic nitrogens is 6. The van der Waals surface area contributed by atoms with Gasteiger partial charge in [0.15, 0.2) is 5.78 Å². The van der Waals surface area contributed by atoms with E-state index >= 15 is 0 Å². The van der Waals surface area contributed by atoms with Crippen LogP contribution in [0, 0.1) is 0 Å². The van der Waals surface area contributed by atoms with Crippen molar-refractivity contribution in [3.63, 3.8) is 0 Å². The monoisotopic (exact) mass is 469 g/mol. The molecule has 0 aliphatic heterocycles. The number of thioether (sulfide) groups is 1. The highest BCUT2D eigenvalue weighted by Gasteiger charge is 2.25. The van der Waals surface area contributed by atoms with Crippen molar-refractivity contribution < 1.29 is 4.79 Å². The smallest absolute Gasteiger partial charge is 0.332 e. The van der Waals surface area contributed by atoms with E-state index in [1.165, 1.54) is 22.7 Å². The van der Waals surface area contributed by atoms with Crippen LogP contribution in [0.5, 0.6) is 0 Å². The van der Waals surface area contributed by atoms with Crippen LogP contribution in [0.25, 0.3) is 0 Å². The van der Waals surface area contributed by atoms with Crippen molar-refractivity contribution in [1.82, 2.24) is 29.3 Å². The number of anilines is 1. The SMILES string of the molecule is CCn1c(=O)c(C(=O)CSc2nnnn2C2CCCCC2)c(N)n(Cc2ccccc2)c1=O. The minimum absolute atomic E-state index is 0.0558. The first-order valence-corrected chi connectivity index (χ1v) is 12.1. The number of hydrogen-bond donors (Lipinski definition) is 1. The molecule has 1 saturated carbocycles. The number of benzene rings is 1. The Morgan fingerprint density at radius 3 is 2.55 bits per heavy atom. The van der Waals surface area contributed by atoms with Gasteiger partial charge >= 0.3 is 5.69 Å². The van der Waals surface area contributed by atoms with E-state index in [1.54, 1.807) is 11.6 Å². The molecule has 2 heterocycles. The second kappa shape index (κ2) is 10.2. The Balaban J connectivity index is 1.61. The molecule has 0 spiro atoms. The number of nitrogens with two attached hydrogens (primary N) is 1. The van der Waals surface area contributed by atoms with Gasteiger partial charge in [0.25, 0.3) is 5.56 Å². The molecule has 0 unspecified atom stereocenters. The van der Waals surface area contributed by atoms with Crippen LogP contribution in [0.4, 0.5) is 5.82 Å². The second-order valence-corrected chi connectivity index (χ2v) is 9.02. The maximum absolute atomic E-state index is 13.1. The average molecular weight is 470 g/mol. The topological polar surface area (TPSA) is 131 Å². The summed E-state index contributed by atoms with van der Waals surface area (Å²) in [7, 11) is 0. The van der Waals surface area contributed by atoms with E-state index in [0.717, 1.165) is 35.8 Å². The Bertz CT molecular complexity index is 1240. The number of Topliss-reactive ketones (excluding diaryl/α,β-unsaturated/α-hetero) is 1. The van der Waals surface area contributed by atoms with E-state index in [0.29, 0.717) is 5.16 Å².